The molecule has 1 aliphatic rings. The maximum Gasteiger partial charge on any atom is 0.238 e. The molecule has 1 N–H and O–H groups in total. The van der Waals surface area contributed by atoms with Crippen LogP contribution in [0.3, 0.4) is 0 Å². The van der Waals surface area contributed by atoms with Gasteiger partial charge in [-0.05, 0) is 44.5 Å². The van der Waals surface area contributed by atoms with Gasteiger partial charge in [-0.25, -0.2) is 0 Å². The van der Waals surface area contributed by atoms with Crippen molar-refractivity contribution in [1.82, 2.24) is 4.90 Å². The quantitative estimate of drug-likeness (QED) is 0.927. The number of nitrogens with zero attached hydrogens (tertiary/aromatic N) is 1. The van der Waals surface area contributed by atoms with E-state index in [1.807, 2.05) is 19.1 Å². The van der Waals surface area contributed by atoms with E-state index in [-0.39, 0.29) is 18.3 Å². The second-order valence-corrected chi connectivity index (χ2v) is 4.87. The Labute approximate surface area is 119 Å². The third-order valence-corrected chi connectivity index (χ3v) is 3.37. The van der Waals surface area contributed by atoms with Crippen LogP contribution in [0, 0.1) is 6.92 Å². The van der Waals surface area contributed by atoms with Gasteiger partial charge in [0.25, 0.3) is 0 Å². The summed E-state index contributed by atoms with van der Waals surface area (Å²) in [6, 6.07) is 5.62. The van der Waals surface area contributed by atoms with Crippen molar-refractivity contribution in [3.8, 4) is 0 Å². The number of amides is 1. The molecule has 0 aliphatic carbocycles. The van der Waals surface area contributed by atoms with Crippen LogP contribution in [0.2, 0.25) is 5.02 Å². The van der Waals surface area contributed by atoms with Crippen LogP contribution in [0.15, 0.2) is 18.2 Å². The van der Waals surface area contributed by atoms with Crippen LogP contribution in [0.25, 0.3) is 0 Å². The standard InChI is InChI=1S/C13H17ClN2O.ClH/c1-10-5-4-6-11(14)13(10)15-12(17)9-16-7-2-3-8-16;/h4-6H,2-3,7-9H2,1H3,(H,15,17);1H. The van der Waals surface area contributed by atoms with E-state index in [0.717, 1.165) is 24.3 Å². The summed E-state index contributed by atoms with van der Waals surface area (Å²) in [5, 5.41) is 3.49. The normalized spacial score (nSPS) is 15.2. The zero-order valence-corrected chi connectivity index (χ0v) is 12.0. The number of benzene rings is 1. The fourth-order valence-electron chi connectivity index (χ4n) is 2.11. The lowest BCUT2D eigenvalue weighted by Crippen LogP contribution is -2.31. The van der Waals surface area contributed by atoms with Gasteiger partial charge in [0, 0.05) is 0 Å². The first-order chi connectivity index (χ1) is 8.16. The SMILES string of the molecule is Cc1cccc(Cl)c1NC(=O)CN1CCCC1.Cl. The molecule has 3 nitrogen and oxygen atoms in total. The first kappa shape index (κ1) is 15.3. The molecule has 1 aromatic rings. The van der Waals surface area contributed by atoms with Crippen LogP contribution in [0.5, 0.6) is 0 Å². The number of hydrogen-bond acceptors (Lipinski definition) is 2. The van der Waals surface area contributed by atoms with Gasteiger partial charge < -0.3 is 5.32 Å². The highest BCUT2D eigenvalue weighted by Gasteiger charge is 2.16. The maximum absolute atomic E-state index is 11.9. The van der Waals surface area contributed by atoms with Crippen LogP contribution in [-0.4, -0.2) is 30.4 Å². The molecule has 0 radical (unpaired) electrons. The molecule has 5 heteroatoms. The van der Waals surface area contributed by atoms with Gasteiger partial charge in [-0.1, -0.05) is 23.7 Å². The molecular weight excluding hydrogens is 271 g/mol. The number of aryl methyl sites for hydroxylation is 1. The predicted molar refractivity (Wildman–Crippen MR) is 77.7 cm³/mol. The number of carbonyl (C=O) groups is 1. The maximum atomic E-state index is 11.9. The molecule has 0 spiro atoms. The lowest BCUT2D eigenvalue weighted by atomic mass is 10.2. The minimum absolute atomic E-state index is 0. The Kier molecular flexibility index (Phi) is 5.93. The Hall–Kier alpha value is -0.770. The van der Waals surface area contributed by atoms with Crippen molar-refractivity contribution in [3.05, 3.63) is 28.8 Å². The Morgan fingerprint density at radius 2 is 2.06 bits per heavy atom. The van der Waals surface area contributed by atoms with Gasteiger partial charge in [-0.15, -0.1) is 12.4 Å². The third-order valence-electron chi connectivity index (χ3n) is 3.05. The smallest absolute Gasteiger partial charge is 0.238 e. The number of halogens is 2. The van der Waals surface area contributed by atoms with E-state index in [9.17, 15) is 4.79 Å². The number of anilines is 1. The van der Waals surface area contributed by atoms with Crippen molar-refractivity contribution >= 4 is 35.6 Å². The Morgan fingerprint density at radius 3 is 2.67 bits per heavy atom. The van der Waals surface area contributed by atoms with Gasteiger partial charge in [0.05, 0.1) is 17.3 Å². The van der Waals surface area contributed by atoms with Crippen LogP contribution < -0.4 is 5.32 Å². The van der Waals surface area contributed by atoms with E-state index in [4.69, 9.17) is 11.6 Å². The topological polar surface area (TPSA) is 32.3 Å². The summed E-state index contributed by atoms with van der Waals surface area (Å²) >= 11 is 6.06. The van der Waals surface area contributed by atoms with Crippen LogP contribution in [-0.2, 0) is 4.79 Å². The Bertz CT molecular complexity index is 397. The summed E-state index contributed by atoms with van der Waals surface area (Å²) in [7, 11) is 0. The van der Waals surface area contributed by atoms with Gasteiger partial charge >= 0.3 is 0 Å². The molecule has 1 saturated heterocycles. The van der Waals surface area contributed by atoms with E-state index >= 15 is 0 Å². The van der Waals surface area contributed by atoms with Gasteiger partial charge in [-0.2, -0.15) is 0 Å². The molecule has 18 heavy (non-hydrogen) atoms. The highest BCUT2D eigenvalue weighted by Crippen LogP contribution is 2.25. The largest absolute Gasteiger partial charge is 0.323 e. The predicted octanol–water partition coefficient (Wildman–Crippen LogP) is 3.10. The summed E-state index contributed by atoms with van der Waals surface area (Å²) in [5.41, 5.74) is 1.73. The molecule has 0 saturated carbocycles. The molecule has 1 fully saturated rings. The minimum atomic E-state index is 0. The van der Waals surface area contributed by atoms with Crippen molar-refractivity contribution in [2.24, 2.45) is 0 Å². The number of likely N-dealkylation sites (tertiary alicyclic amines) is 1. The second kappa shape index (κ2) is 6.98. The molecule has 0 aromatic heterocycles. The van der Waals surface area contributed by atoms with Crippen LogP contribution in [0.4, 0.5) is 5.69 Å². The average Bonchev–Trinajstić information content (AvgIpc) is 2.76. The molecule has 0 bridgehead atoms. The molecule has 0 atom stereocenters. The fraction of sp³-hybridized carbons (Fsp3) is 0.462. The number of hydrogen-bond donors (Lipinski definition) is 1. The molecular formula is C13H18Cl2N2O. The fourth-order valence-corrected chi connectivity index (χ4v) is 2.38. The molecule has 1 amide bonds. The van der Waals surface area contributed by atoms with Gasteiger partial charge in [0.15, 0.2) is 0 Å². The highest BCUT2D eigenvalue weighted by atomic mass is 35.5. The Balaban J connectivity index is 0.00000162. The van der Waals surface area contributed by atoms with Gasteiger partial charge in [0.2, 0.25) is 5.91 Å². The van der Waals surface area contributed by atoms with E-state index in [0.29, 0.717) is 11.6 Å². The number of carbonyl (C=O) groups excluding carboxylic acids is 1. The number of para-hydroxylation sites is 1. The van der Waals surface area contributed by atoms with Crippen LogP contribution in [0.1, 0.15) is 18.4 Å². The molecule has 1 aliphatic heterocycles. The molecule has 100 valence electrons. The van der Waals surface area contributed by atoms with E-state index in [2.05, 4.69) is 10.2 Å². The van der Waals surface area contributed by atoms with E-state index < -0.39 is 0 Å². The zero-order chi connectivity index (χ0) is 12.3. The van der Waals surface area contributed by atoms with E-state index in [1.54, 1.807) is 6.07 Å². The lowest BCUT2D eigenvalue weighted by molar-refractivity contribution is -0.117. The van der Waals surface area contributed by atoms with Gasteiger partial charge in [0.1, 0.15) is 0 Å². The summed E-state index contributed by atoms with van der Waals surface area (Å²) < 4.78 is 0. The monoisotopic (exact) mass is 288 g/mol. The Morgan fingerprint density at radius 1 is 1.39 bits per heavy atom. The summed E-state index contributed by atoms with van der Waals surface area (Å²) in [6.45, 7) is 4.45. The molecule has 2 rings (SSSR count). The van der Waals surface area contributed by atoms with E-state index in [1.165, 1.54) is 12.8 Å². The molecule has 1 aromatic carbocycles. The molecule has 0 unspecified atom stereocenters. The zero-order valence-electron chi connectivity index (χ0n) is 10.4. The number of rotatable bonds is 3. The lowest BCUT2D eigenvalue weighted by Gasteiger charge is -2.15. The first-order valence-corrected chi connectivity index (χ1v) is 6.32. The van der Waals surface area contributed by atoms with Crippen molar-refractivity contribution < 1.29 is 4.79 Å². The molecule has 1 heterocycles. The van der Waals surface area contributed by atoms with Gasteiger partial charge in [-0.3, -0.25) is 9.69 Å². The van der Waals surface area contributed by atoms with Crippen molar-refractivity contribution in [2.45, 2.75) is 19.8 Å². The number of nitrogens with one attached hydrogen (secondary N) is 1. The highest BCUT2D eigenvalue weighted by molar-refractivity contribution is 6.33. The third kappa shape index (κ3) is 3.87. The minimum Gasteiger partial charge on any atom is -0.323 e. The van der Waals surface area contributed by atoms with Crippen molar-refractivity contribution in [1.29, 1.82) is 0 Å². The van der Waals surface area contributed by atoms with Crippen LogP contribution >= 0.6 is 24.0 Å². The summed E-state index contributed by atoms with van der Waals surface area (Å²) in [4.78, 5) is 14.0. The first-order valence-electron chi connectivity index (χ1n) is 5.94. The second-order valence-electron chi connectivity index (χ2n) is 4.46. The summed E-state index contributed by atoms with van der Waals surface area (Å²) in [5.74, 6) is 0.0168. The average molecular weight is 289 g/mol. The van der Waals surface area contributed by atoms with Crippen molar-refractivity contribution in [3.63, 3.8) is 0 Å². The summed E-state index contributed by atoms with van der Waals surface area (Å²) in [6.07, 6.45) is 2.39. The van der Waals surface area contributed by atoms with Crippen molar-refractivity contribution in [2.75, 3.05) is 25.0 Å².